The Morgan fingerprint density at radius 2 is 1.87 bits per heavy atom. The minimum atomic E-state index is -0.305. The molecule has 2 aromatic heterocycles. The van der Waals surface area contributed by atoms with E-state index in [-0.39, 0.29) is 11.9 Å². The predicted octanol–water partition coefficient (Wildman–Crippen LogP) is 2.17. The normalized spacial score (nSPS) is 12.2. The lowest BCUT2D eigenvalue weighted by molar-refractivity contribution is -0.136. The van der Waals surface area contributed by atoms with Crippen LogP contribution >= 0.6 is 0 Å². The maximum absolute atomic E-state index is 13.0. The quantitative estimate of drug-likeness (QED) is 0.786. The Hall–Kier alpha value is -2.27. The van der Waals surface area contributed by atoms with Crippen LogP contribution in [-0.2, 0) is 11.2 Å². The fraction of sp³-hybridized carbons (Fsp3) is 0.389. The van der Waals surface area contributed by atoms with Crippen LogP contribution in [0.5, 0.6) is 0 Å². The van der Waals surface area contributed by atoms with Crippen molar-refractivity contribution in [2.45, 2.75) is 19.4 Å². The van der Waals surface area contributed by atoms with Gasteiger partial charge in [-0.1, -0.05) is 6.07 Å². The van der Waals surface area contributed by atoms with Gasteiger partial charge in [-0.15, -0.1) is 0 Å². The Bertz CT molecular complexity index is 601. The van der Waals surface area contributed by atoms with E-state index in [0.29, 0.717) is 13.1 Å². The number of aromatic nitrogens is 2. The average molecular weight is 312 g/mol. The molecule has 2 aromatic rings. The van der Waals surface area contributed by atoms with E-state index in [1.807, 2.05) is 55.1 Å². The third-order valence-corrected chi connectivity index (χ3v) is 3.86. The number of rotatable bonds is 7. The van der Waals surface area contributed by atoms with Gasteiger partial charge >= 0.3 is 0 Å². The lowest BCUT2D eigenvalue weighted by Gasteiger charge is -2.30. The van der Waals surface area contributed by atoms with Gasteiger partial charge in [0.25, 0.3) is 0 Å². The molecule has 1 amide bonds. The van der Waals surface area contributed by atoms with E-state index in [1.165, 1.54) is 5.56 Å². The van der Waals surface area contributed by atoms with Gasteiger partial charge < -0.3 is 4.90 Å². The molecule has 122 valence electrons. The summed E-state index contributed by atoms with van der Waals surface area (Å²) in [5, 5.41) is 0. The van der Waals surface area contributed by atoms with Crippen LogP contribution in [0.15, 0.2) is 49.1 Å². The number of hydrogen-bond donors (Lipinski definition) is 0. The summed E-state index contributed by atoms with van der Waals surface area (Å²) in [6.07, 6.45) is 7.88. The van der Waals surface area contributed by atoms with Crippen molar-refractivity contribution in [3.63, 3.8) is 0 Å². The molecular weight excluding hydrogens is 288 g/mol. The Morgan fingerprint density at radius 3 is 2.43 bits per heavy atom. The van der Waals surface area contributed by atoms with Gasteiger partial charge in [-0.2, -0.15) is 0 Å². The molecular formula is C18H24N4O. The van der Waals surface area contributed by atoms with Crippen molar-refractivity contribution < 1.29 is 4.79 Å². The zero-order valence-electron chi connectivity index (χ0n) is 14.0. The molecule has 0 N–H and O–H groups in total. The van der Waals surface area contributed by atoms with E-state index in [0.717, 1.165) is 12.0 Å². The molecule has 1 atom stereocenters. The third-order valence-electron chi connectivity index (χ3n) is 3.86. The SMILES string of the molecule is CCN(CCc1ccncc1)C(=O)C(c1cccnc1)N(C)C. The Morgan fingerprint density at radius 1 is 1.13 bits per heavy atom. The van der Waals surface area contributed by atoms with Crippen LogP contribution in [0.3, 0.4) is 0 Å². The number of amides is 1. The van der Waals surface area contributed by atoms with Gasteiger partial charge in [0.05, 0.1) is 0 Å². The van der Waals surface area contributed by atoms with Crippen LogP contribution < -0.4 is 0 Å². The molecule has 0 fully saturated rings. The van der Waals surface area contributed by atoms with Crippen molar-refractivity contribution >= 4 is 5.91 Å². The first-order chi connectivity index (χ1) is 11.1. The molecule has 2 heterocycles. The highest BCUT2D eigenvalue weighted by Gasteiger charge is 2.27. The van der Waals surface area contributed by atoms with Gasteiger partial charge in [0.15, 0.2) is 0 Å². The first-order valence-corrected chi connectivity index (χ1v) is 7.87. The molecule has 2 rings (SSSR count). The Kier molecular flexibility index (Phi) is 6.23. The summed E-state index contributed by atoms with van der Waals surface area (Å²) in [6, 6.07) is 7.49. The number of hydrogen-bond acceptors (Lipinski definition) is 4. The van der Waals surface area contributed by atoms with E-state index in [2.05, 4.69) is 9.97 Å². The zero-order valence-corrected chi connectivity index (χ0v) is 14.0. The lowest BCUT2D eigenvalue weighted by atomic mass is 10.1. The summed E-state index contributed by atoms with van der Waals surface area (Å²) in [5.74, 6) is 0.111. The topological polar surface area (TPSA) is 49.3 Å². The molecule has 0 aromatic carbocycles. The van der Waals surface area contributed by atoms with Crippen molar-refractivity contribution in [3.05, 3.63) is 60.2 Å². The molecule has 0 saturated carbocycles. The maximum Gasteiger partial charge on any atom is 0.244 e. The summed E-state index contributed by atoms with van der Waals surface area (Å²) in [7, 11) is 3.85. The molecule has 5 heteroatoms. The van der Waals surface area contributed by atoms with E-state index in [1.54, 1.807) is 24.8 Å². The van der Waals surface area contributed by atoms with E-state index in [4.69, 9.17) is 0 Å². The van der Waals surface area contributed by atoms with E-state index >= 15 is 0 Å². The highest BCUT2D eigenvalue weighted by molar-refractivity contribution is 5.83. The molecule has 0 saturated heterocycles. The van der Waals surface area contributed by atoms with Crippen LogP contribution in [0.4, 0.5) is 0 Å². The highest BCUT2D eigenvalue weighted by atomic mass is 16.2. The minimum absolute atomic E-state index is 0.111. The van der Waals surface area contributed by atoms with Crippen molar-refractivity contribution in [1.29, 1.82) is 0 Å². The van der Waals surface area contributed by atoms with Crippen molar-refractivity contribution in [2.24, 2.45) is 0 Å². The van der Waals surface area contributed by atoms with Gasteiger partial charge in [0, 0.05) is 37.9 Å². The van der Waals surface area contributed by atoms with Crippen LogP contribution in [-0.4, -0.2) is 52.9 Å². The molecule has 0 aliphatic heterocycles. The number of nitrogens with zero attached hydrogens (tertiary/aromatic N) is 4. The fourth-order valence-electron chi connectivity index (χ4n) is 2.61. The molecule has 0 aliphatic rings. The minimum Gasteiger partial charge on any atom is -0.341 e. The largest absolute Gasteiger partial charge is 0.341 e. The Labute approximate surface area is 138 Å². The molecule has 1 unspecified atom stereocenters. The first kappa shape index (κ1) is 17.1. The standard InChI is InChI=1S/C18H24N4O/c1-4-22(13-9-15-7-11-19-12-8-15)18(23)17(21(2)3)16-6-5-10-20-14-16/h5-8,10-12,14,17H,4,9,13H2,1-3H3. The van der Waals surface area contributed by atoms with Gasteiger partial charge in [0.2, 0.25) is 5.91 Å². The van der Waals surface area contributed by atoms with Gasteiger partial charge in [0.1, 0.15) is 6.04 Å². The number of likely N-dealkylation sites (N-methyl/N-ethyl adjacent to an activating group) is 2. The fourth-order valence-corrected chi connectivity index (χ4v) is 2.61. The highest BCUT2D eigenvalue weighted by Crippen LogP contribution is 2.20. The average Bonchev–Trinajstić information content (AvgIpc) is 2.57. The number of carbonyl (C=O) groups excluding carboxylic acids is 1. The van der Waals surface area contributed by atoms with Gasteiger partial charge in [-0.05, 0) is 56.8 Å². The van der Waals surface area contributed by atoms with Gasteiger partial charge in [-0.25, -0.2) is 0 Å². The second kappa shape index (κ2) is 8.39. The molecule has 0 aliphatic carbocycles. The molecule has 0 radical (unpaired) electrons. The molecule has 0 spiro atoms. The summed E-state index contributed by atoms with van der Waals surface area (Å²) in [6.45, 7) is 3.40. The van der Waals surface area contributed by atoms with Crippen LogP contribution in [0, 0.1) is 0 Å². The van der Waals surface area contributed by atoms with Crippen LogP contribution in [0.1, 0.15) is 24.1 Å². The second-order valence-electron chi connectivity index (χ2n) is 5.68. The maximum atomic E-state index is 13.0. The second-order valence-corrected chi connectivity index (χ2v) is 5.68. The summed E-state index contributed by atoms with van der Waals surface area (Å²) in [4.78, 5) is 25.0. The smallest absolute Gasteiger partial charge is 0.244 e. The van der Waals surface area contributed by atoms with E-state index in [9.17, 15) is 4.79 Å². The first-order valence-electron chi connectivity index (χ1n) is 7.87. The monoisotopic (exact) mass is 312 g/mol. The van der Waals surface area contributed by atoms with Crippen LogP contribution in [0.25, 0.3) is 0 Å². The zero-order chi connectivity index (χ0) is 16.7. The van der Waals surface area contributed by atoms with Crippen molar-refractivity contribution in [2.75, 3.05) is 27.2 Å². The van der Waals surface area contributed by atoms with Crippen molar-refractivity contribution in [3.8, 4) is 0 Å². The van der Waals surface area contributed by atoms with Gasteiger partial charge in [-0.3, -0.25) is 19.7 Å². The van der Waals surface area contributed by atoms with Crippen LogP contribution in [0.2, 0.25) is 0 Å². The van der Waals surface area contributed by atoms with E-state index < -0.39 is 0 Å². The summed E-state index contributed by atoms with van der Waals surface area (Å²) >= 11 is 0. The Balaban J connectivity index is 2.10. The lowest BCUT2D eigenvalue weighted by Crippen LogP contribution is -2.41. The number of pyridine rings is 2. The predicted molar refractivity (Wildman–Crippen MR) is 90.9 cm³/mol. The van der Waals surface area contributed by atoms with Crippen molar-refractivity contribution in [1.82, 2.24) is 19.8 Å². The molecule has 0 bridgehead atoms. The third kappa shape index (κ3) is 4.60. The molecule has 23 heavy (non-hydrogen) atoms. The molecule has 5 nitrogen and oxygen atoms in total. The number of carbonyl (C=O) groups is 1. The summed E-state index contributed by atoms with van der Waals surface area (Å²) < 4.78 is 0. The summed E-state index contributed by atoms with van der Waals surface area (Å²) in [5.41, 5.74) is 2.11.